The van der Waals surface area contributed by atoms with E-state index in [1.54, 1.807) is 12.1 Å². The molecule has 0 aromatic heterocycles. The lowest BCUT2D eigenvalue weighted by Gasteiger charge is -2.15. The van der Waals surface area contributed by atoms with Gasteiger partial charge in [0.2, 0.25) is 5.96 Å². The van der Waals surface area contributed by atoms with Crippen LogP contribution in [0.15, 0.2) is 58.5 Å². The van der Waals surface area contributed by atoms with E-state index >= 15 is 0 Å². The van der Waals surface area contributed by atoms with Gasteiger partial charge in [-0.2, -0.15) is 0 Å². The van der Waals surface area contributed by atoms with Crippen molar-refractivity contribution in [1.29, 1.82) is 0 Å². The maximum atomic E-state index is 9.33. The van der Waals surface area contributed by atoms with Gasteiger partial charge in [0, 0.05) is 19.5 Å². The first-order valence-corrected chi connectivity index (χ1v) is 9.01. The van der Waals surface area contributed by atoms with E-state index in [1.807, 2.05) is 44.2 Å². The Morgan fingerprint density at radius 3 is 2.73 bits per heavy atom. The first-order chi connectivity index (χ1) is 12.6. The van der Waals surface area contributed by atoms with Gasteiger partial charge in [0.05, 0.1) is 11.8 Å². The Morgan fingerprint density at radius 1 is 1.15 bits per heavy atom. The van der Waals surface area contributed by atoms with Gasteiger partial charge in [-0.15, -0.1) is 0 Å². The van der Waals surface area contributed by atoms with E-state index in [0.717, 1.165) is 48.5 Å². The van der Waals surface area contributed by atoms with Crippen molar-refractivity contribution in [3.05, 3.63) is 59.7 Å². The molecule has 136 valence electrons. The Morgan fingerprint density at radius 2 is 1.96 bits per heavy atom. The monoisotopic (exact) mass is 351 g/mol. The van der Waals surface area contributed by atoms with Crippen LogP contribution in [0.3, 0.4) is 0 Å². The van der Waals surface area contributed by atoms with Crippen LogP contribution in [0.1, 0.15) is 31.4 Å². The van der Waals surface area contributed by atoms with Crippen molar-refractivity contribution in [2.45, 2.75) is 32.8 Å². The van der Waals surface area contributed by atoms with E-state index < -0.39 is 0 Å². The van der Waals surface area contributed by atoms with Gasteiger partial charge in [0.1, 0.15) is 11.5 Å². The maximum Gasteiger partial charge on any atom is 0.218 e. The van der Waals surface area contributed by atoms with Crippen molar-refractivity contribution in [2.75, 3.05) is 13.1 Å². The summed E-state index contributed by atoms with van der Waals surface area (Å²) in [5.74, 6) is 1.83. The molecule has 0 fully saturated rings. The highest BCUT2D eigenvalue weighted by molar-refractivity contribution is 6.08. The van der Waals surface area contributed by atoms with Crippen LogP contribution in [0, 0.1) is 0 Å². The molecule has 0 amide bonds. The molecule has 2 N–H and O–H groups in total. The normalized spacial score (nSPS) is 14.0. The fraction of sp³-hybridized carbons (Fsp3) is 0.333. The van der Waals surface area contributed by atoms with Crippen LogP contribution in [0.25, 0.3) is 0 Å². The van der Waals surface area contributed by atoms with Gasteiger partial charge in [0.25, 0.3) is 0 Å². The zero-order valence-electron chi connectivity index (χ0n) is 15.3. The van der Waals surface area contributed by atoms with Gasteiger partial charge in [0.15, 0.2) is 0 Å². The SMILES string of the molecule is CC(C)Oc1cccc(C2=NC(NCCc3ccc(O)cc3)=NCC2)c1. The van der Waals surface area contributed by atoms with Gasteiger partial charge in [-0.05, 0) is 55.7 Å². The van der Waals surface area contributed by atoms with Crippen molar-refractivity contribution >= 4 is 11.7 Å². The van der Waals surface area contributed by atoms with Crippen LogP contribution >= 0.6 is 0 Å². The molecular weight excluding hydrogens is 326 g/mol. The summed E-state index contributed by atoms with van der Waals surface area (Å²) in [4.78, 5) is 9.15. The van der Waals surface area contributed by atoms with E-state index in [4.69, 9.17) is 4.74 Å². The molecule has 0 spiro atoms. The lowest BCUT2D eigenvalue weighted by atomic mass is 10.1. The predicted molar refractivity (Wildman–Crippen MR) is 105 cm³/mol. The molecule has 5 heteroatoms. The minimum atomic E-state index is 0.150. The number of guanidine groups is 1. The molecule has 0 bridgehead atoms. The Labute approximate surface area is 154 Å². The minimum Gasteiger partial charge on any atom is -0.508 e. The molecule has 1 aliphatic heterocycles. The highest BCUT2D eigenvalue weighted by Gasteiger charge is 2.11. The average Bonchev–Trinajstić information content (AvgIpc) is 2.63. The van der Waals surface area contributed by atoms with E-state index in [1.165, 1.54) is 0 Å². The summed E-state index contributed by atoms with van der Waals surface area (Å²) in [6, 6.07) is 15.3. The second kappa shape index (κ2) is 8.52. The van der Waals surface area contributed by atoms with Gasteiger partial charge < -0.3 is 15.2 Å². The van der Waals surface area contributed by atoms with Crippen molar-refractivity contribution in [3.63, 3.8) is 0 Å². The zero-order chi connectivity index (χ0) is 18.4. The Hall–Kier alpha value is -2.82. The molecule has 1 aliphatic rings. The smallest absolute Gasteiger partial charge is 0.218 e. The number of ether oxygens (including phenoxy) is 1. The van der Waals surface area contributed by atoms with E-state index in [-0.39, 0.29) is 11.9 Å². The zero-order valence-corrected chi connectivity index (χ0v) is 15.3. The van der Waals surface area contributed by atoms with Gasteiger partial charge in [-0.25, -0.2) is 4.99 Å². The molecule has 0 aliphatic carbocycles. The second-order valence-electron chi connectivity index (χ2n) is 6.55. The number of rotatable bonds is 6. The van der Waals surface area contributed by atoms with Gasteiger partial charge in [-0.3, -0.25) is 4.99 Å². The quantitative estimate of drug-likeness (QED) is 0.836. The molecule has 2 aromatic rings. The number of benzene rings is 2. The third-order valence-corrected chi connectivity index (χ3v) is 4.02. The fourth-order valence-electron chi connectivity index (χ4n) is 2.79. The van der Waals surface area contributed by atoms with Gasteiger partial charge >= 0.3 is 0 Å². The number of aliphatic imine (C=N–C) groups is 2. The Bertz CT molecular complexity index is 795. The van der Waals surface area contributed by atoms with Crippen LogP contribution in [0.5, 0.6) is 11.5 Å². The number of phenolic OH excluding ortho intramolecular Hbond substituents is 1. The summed E-state index contributed by atoms with van der Waals surface area (Å²) in [5.41, 5.74) is 3.27. The number of hydrogen-bond acceptors (Lipinski definition) is 5. The number of nitrogens with one attached hydrogen (secondary N) is 1. The van der Waals surface area contributed by atoms with E-state index in [9.17, 15) is 5.11 Å². The van der Waals surface area contributed by atoms with Crippen LogP contribution in [-0.4, -0.2) is 36.0 Å². The highest BCUT2D eigenvalue weighted by atomic mass is 16.5. The number of aromatic hydroxyl groups is 1. The average molecular weight is 351 g/mol. The summed E-state index contributed by atoms with van der Waals surface area (Å²) in [7, 11) is 0. The highest BCUT2D eigenvalue weighted by Crippen LogP contribution is 2.18. The standard InChI is InChI=1S/C21H25N3O2/c1-15(2)26-19-5-3-4-17(14-19)20-11-13-23-21(24-20)22-12-10-16-6-8-18(25)9-7-16/h3-9,14-15,25H,10-13H2,1-2H3,(H,22,23). The van der Waals surface area contributed by atoms with Crippen LogP contribution in [0.2, 0.25) is 0 Å². The first kappa shape index (κ1) is 18.0. The predicted octanol–water partition coefficient (Wildman–Crippen LogP) is 3.56. The second-order valence-corrected chi connectivity index (χ2v) is 6.55. The Balaban J connectivity index is 1.61. The molecule has 2 aromatic carbocycles. The van der Waals surface area contributed by atoms with E-state index in [2.05, 4.69) is 21.4 Å². The molecule has 5 nitrogen and oxygen atoms in total. The third-order valence-electron chi connectivity index (χ3n) is 4.02. The lowest BCUT2D eigenvalue weighted by Crippen LogP contribution is -2.28. The lowest BCUT2D eigenvalue weighted by molar-refractivity contribution is 0.242. The molecule has 0 saturated carbocycles. The van der Waals surface area contributed by atoms with Crippen molar-refractivity contribution in [2.24, 2.45) is 9.98 Å². The number of phenols is 1. The Kier molecular flexibility index (Phi) is 5.89. The maximum absolute atomic E-state index is 9.33. The summed E-state index contributed by atoms with van der Waals surface area (Å²) in [6.45, 7) is 5.52. The van der Waals surface area contributed by atoms with Crippen molar-refractivity contribution < 1.29 is 9.84 Å². The molecular formula is C21H25N3O2. The van der Waals surface area contributed by atoms with Crippen molar-refractivity contribution in [3.8, 4) is 11.5 Å². The number of nitrogens with zero attached hydrogens (tertiary/aromatic N) is 2. The van der Waals surface area contributed by atoms with Crippen LogP contribution in [-0.2, 0) is 6.42 Å². The summed E-state index contributed by atoms with van der Waals surface area (Å²) in [5, 5.41) is 12.6. The largest absolute Gasteiger partial charge is 0.508 e. The summed E-state index contributed by atoms with van der Waals surface area (Å²) < 4.78 is 5.78. The fourth-order valence-corrected chi connectivity index (χ4v) is 2.79. The first-order valence-electron chi connectivity index (χ1n) is 9.01. The van der Waals surface area contributed by atoms with Crippen LogP contribution < -0.4 is 10.1 Å². The van der Waals surface area contributed by atoms with Crippen molar-refractivity contribution in [1.82, 2.24) is 5.32 Å². The summed E-state index contributed by atoms with van der Waals surface area (Å²) >= 11 is 0. The molecule has 0 unspecified atom stereocenters. The molecule has 1 heterocycles. The molecule has 0 saturated heterocycles. The van der Waals surface area contributed by atoms with E-state index in [0.29, 0.717) is 5.96 Å². The molecule has 26 heavy (non-hydrogen) atoms. The molecule has 0 radical (unpaired) electrons. The van der Waals surface area contributed by atoms with Crippen LogP contribution in [0.4, 0.5) is 0 Å². The molecule has 0 atom stereocenters. The third kappa shape index (κ3) is 5.09. The molecule has 3 rings (SSSR count). The van der Waals surface area contributed by atoms with Gasteiger partial charge in [-0.1, -0.05) is 24.3 Å². The minimum absolute atomic E-state index is 0.150. The summed E-state index contributed by atoms with van der Waals surface area (Å²) in [6.07, 6.45) is 1.83. The number of hydrogen-bond donors (Lipinski definition) is 2. The topological polar surface area (TPSA) is 66.2 Å².